The summed E-state index contributed by atoms with van der Waals surface area (Å²) in [5, 5.41) is 0. The number of hydrogen-bond donors (Lipinski definition) is 2. The molecule has 1 aliphatic rings. The summed E-state index contributed by atoms with van der Waals surface area (Å²) in [5.41, 5.74) is 6.87. The van der Waals surface area contributed by atoms with Crippen molar-refractivity contribution in [1.82, 2.24) is 0 Å². The third-order valence-electron chi connectivity index (χ3n) is 4.84. The number of carbonyl (C=O) groups is 1. The smallest absolute Gasteiger partial charge is 0.262 e. The van der Waals surface area contributed by atoms with Crippen molar-refractivity contribution in [2.45, 2.75) is 31.6 Å². The average molecular weight is 438 g/mol. The Hall–Kier alpha value is -2.59. The van der Waals surface area contributed by atoms with Gasteiger partial charge in [-0.3, -0.25) is 13.8 Å². The van der Waals surface area contributed by atoms with Crippen LogP contribution in [0.1, 0.15) is 34.3 Å². The third-order valence-corrected chi connectivity index (χ3v) is 8.20. The molecule has 0 saturated carbocycles. The molecule has 156 valence electrons. The maximum atomic E-state index is 13.0. The number of rotatable bonds is 5. The van der Waals surface area contributed by atoms with Gasteiger partial charge in [0.05, 0.1) is 27.6 Å². The Kier molecular flexibility index (Phi) is 5.59. The van der Waals surface area contributed by atoms with Crippen LogP contribution >= 0.6 is 0 Å². The highest BCUT2D eigenvalue weighted by Crippen LogP contribution is 2.32. The molecule has 0 unspecified atom stereocenters. The molecule has 0 radical (unpaired) electrons. The van der Waals surface area contributed by atoms with Gasteiger partial charge >= 0.3 is 0 Å². The summed E-state index contributed by atoms with van der Waals surface area (Å²) in [6.07, 6.45) is 1.37. The lowest BCUT2D eigenvalue weighted by molar-refractivity contribution is 0.100. The molecule has 1 heterocycles. The summed E-state index contributed by atoms with van der Waals surface area (Å²) in [5.74, 6) is -0.668. The van der Waals surface area contributed by atoms with Gasteiger partial charge in [0.15, 0.2) is 0 Å². The number of nitrogens with one attached hydrogen (secondary N) is 1. The molecule has 29 heavy (non-hydrogen) atoms. The van der Waals surface area contributed by atoms with Crippen LogP contribution in [0.15, 0.2) is 41.3 Å². The zero-order chi connectivity index (χ0) is 21.4. The highest BCUT2D eigenvalue weighted by molar-refractivity contribution is 7.93. The van der Waals surface area contributed by atoms with Crippen LogP contribution in [-0.2, 0) is 20.0 Å². The summed E-state index contributed by atoms with van der Waals surface area (Å²) in [7, 11) is -7.44. The third kappa shape index (κ3) is 4.23. The Bertz CT molecular complexity index is 1170. The minimum atomic E-state index is -4.02. The second-order valence-corrected chi connectivity index (χ2v) is 10.7. The molecule has 0 spiro atoms. The quantitative estimate of drug-likeness (QED) is 0.741. The molecule has 3 N–H and O–H groups in total. The Morgan fingerprint density at radius 3 is 2.45 bits per heavy atom. The minimum Gasteiger partial charge on any atom is -0.366 e. The van der Waals surface area contributed by atoms with Crippen molar-refractivity contribution >= 4 is 37.3 Å². The summed E-state index contributed by atoms with van der Waals surface area (Å²) in [6.45, 7) is 3.66. The lowest BCUT2D eigenvalue weighted by atomic mass is 10.1. The number of sulfonamides is 2. The fourth-order valence-electron chi connectivity index (χ4n) is 3.38. The SMILES string of the molecule is Cc1cc(S(=O)(=O)Nc2ccccc2C(N)=O)c(C)cc1N1CCCCS1(=O)=O. The molecule has 0 aromatic heterocycles. The zero-order valence-corrected chi connectivity index (χ0v) is 17.8. The normalized spacial score (nSPS) is 16.4. The Labute approximate surface area is 170 Å². The first-order chi connectivity index (χ1) is 13.5. The van der Waals surface area contributed by atoms with Crippen LogP contribution in [0, 0.1) is 13.8 Å². The van der Waals surface area contributed by atoms with Crippen molar-refractivity contribution in [3.63, 3.8) is 0 Å². The largest absolute Gasteiger partial charge is 0.366 e. The van der Waals surface area contributed by atoms with Crippen LogP contribution in [-0.4, -0.2) is 35.0 Å². The van der Waals surface area contributed by atoms with E-state index in [2.05, 4.69) is 4.72 Å². The van der Waals surface area contributed by atoms with Gasteiger partial charge in [-0.25, -0.2) is 16.8 Å². The van der Waals surface area contributed by atoms with Gasteiger partial charge in [-0.2, -0.15) is 0 Å². The van der Waals surface area contributed by atoms with Gasteiger partial charge in [0.25, 0.3) is 15.9 Å². The number of carbonyl (C=O) groups excluding carboxylic acids is 1. The summed E-state index contributed by atoms with van der Waals surface area (Å²) < 4.78 is 54.5. The van der Waals surface area contributed by atoms with E-state index in [0.29, 0.717) is 29.8 Å². The number of aryl methyl sites for hydroxylation is 2. The number of para-hydroxylation sites is 1. The van der Waals surface area contributed by atoms with Crippen molar-refractivity contribution < 1.29 is 21.6 Å². The number of hydrogen-bond acceptors (Lipinski definition) is 5. The lowest BCUT2D eigenvalue weighted by Crippen LogP contribution is -2.38. The molecule has 3 rings (SSSR count). The van der Waals surface area contributed by atoms with E-state index < -0.39 is 26.0 Å². The number of amides is 1. The lowest BCUT2D eigenvalue weighted by Gasteiger charge is -2.30. The highest BCUT2D eigenvalue weighted by Gasteiger charge is 2.29. The molecule has 1 aliphatic heterocycles. The molecule has 1 saturated heterocycles. The molecule has 2 aromatic rings. The summed E-state index contributed by atoms with van der Waals surface area (Å²) in [4.78, 5) is 11.6. The first kappa shape index (κ1) is 21.1. The second-order valence-electron chi connectivity index (χ2n) is 7.01. The van der Waals surface area contributed by atoms with Crippen LogP contribution in [0.3, 0.4) is 0 Å². The monoisotopic (exact) mass is 437 g/mol. The Morgan fingerprint density at radius 2 is 1.79 bits per heavy atom. The van der Waals surface area contributed by atoms with Gasteiger partial charge < -0.3 is 5.73 Å². The maximum Gasteiger partial charge on any atom is 0.262 e. The number of primary amides is 1. The molecule has 1 fully saturated rings. The van der Waals surface area contributed by atoms with E-state index in [4.69, 9.17) is 5.73 Å². The molecular weight excluding hydrogens is 414 g/mol. The number of benzene rings is 2. The van der Waals surface area contributed by atoms with Crippen LogP contribution in [0.2, 0.25) is 0 Å². The van der Waals surface area contributed by atoms with Crippen molar-refractivity contribution in [2.24, 2.45) is 5.73 Å². The van der Waals surface area contributed by atoms with E-state index in [0.717, 1.165) is 6.42 Å². The van der Waals surface area contributed by atoms with E-state index in [-0.39, 0.29) is 21.9 Å². The van der Waals surface area contributed by atoms with E-state index in [1.807, 2.05) is 0 Å². The van der Waals surface area contributed by atoms with E-state index in [1.165, 1.54) is 22.5 Å². The van der Waals surface area contributed by atoms with E-state index in [1.54, 1.807) is 32.0 Å². The van der Waals surface area contributed by atoms with E-state index in [9.17, 15) is 21.6 Å². The maximum absolute atomic E-state index is 13.0. The number of nitrogens with zero attached hydrogens (tertiary/aromatic N) is 1. The zero-order valence-electron chi connectivity index (χ0n) is 16.2. The van der Waals surface area contributed by atoms with Gasteiger partial charge in [0, 0.05) is 6.54 Å². The van der Waals surface area contributed by atoms with Gasteiger partial charge in [-0.15, -0.1) is 0 Å². The molecule has 2 aromatic carbocycles. The molecule has 0 bridgehead atoms. The fourth-order valence-corrected chi connectivity index (χ4v) is 6.46. The fraction of sp³-hybridized carbons (Fsp3) is 0.316. The predicted octanol–water partition coefficient (Wildman–Crippen LogP) is 2.13. The number of nitrogens with two attached hydrogens (primary N) is 1. The molecule has 1 amide bonds. The summed E-state index contributed by atoms with van der Waals surface area (Å²) in [6, 6.07) is 9.09. The first-order valence-electron chi connectivity index (χ1n) is 9.06. The molecule has 0 aliphatic carbocycles. The van der Waals surface area contributed by atoms with Crippen molar-refractivity contribution in [1.29, 1.82) is 0 Å². The molecule has 10 heteroatoms. The van der Waals surface area contributed by atoms with Crippen molar-refractivity contribution in [3.05, 3.63) is 53.1 Å². The van der Waals surface area contributed by atoms with Gasteiger partial charge in [0.2, 0.25) is 10.0 Å². The minimum absolute atomic E-state index is 0.00688. The average Bonchev–Trinajstić information content (AvgIpc) is 2.63. The van der Waals surface area contributed by atoms with Gasteiger partial charge in [0.1, 0.15) is 0 Å². The molecule has 8 nitrogen and oxygen atoms in total. The predicted molar refractivity (Wildman–Crippen MR) is 112 cm³/mol. The van der Waals surface area contributed by atoms with Crippen molar-refractivity contribution in [2.75, 3.05) is 21.3 Å². The standard InChI is InChI=1S/C19H23N3O5S2/c1-13-12-18(14(2)11-17(13)22-9-5-6-10-28(22,24)25)29(26,27)21-16-8-4-3-7-15(16)19(20)23/h3-4,7-8,11-12,21H,5-6,9-10H2,1-2H3,(H2,20,23). The highest BCUT2D eigenvalue weighted by atomic mass is 32.2. The van der Waals surface area contributed by atoms with Gasteiger partial charge in [-0.05, 0) is 62.1 Å². The summed E-state index contributed by atoms with van der Waals surface area (Å²) >= 11 is 0. The number of anilines is 2. The van der Waals surface area contributed by atoms with E-state index >= 15 is 0 Å². The van der Waals surface area contributed by atoms with Crippen LogP contribution in [0.4, 0.5) is 11.4 Å². The van der Waals surface area contributed by atoms with Crippen LogP contribution < -0.4 is 14.8 Å². The Morgan fingerprint density at radius 1 is 1.10 bits per heavy atom. The first-order valence-corrected chi connectivity index (χ1v) is 12.2. The second kappa shape index (κ2) is 7.68. The molecule has 0 atom stereocenters. The van der Waals surface area contributed by atoms with Crippen LogP contribution in [0.5, 0.6) is 0 Å². The topological polar surface area (TPSA) is 127 Å². The Balaban J connectivity index is 2.02. The molecular formula is C19H23N3O5S2. The van der Waals surface area contributed by atoms with Crippen LogP contribution in [0.25, 0.3) is 0 Å². The van der Waals surface area contributed by atoms with Crippen molar-refractivity contribution in [3.8, 4) is 0 Å². The van der Waals surface area contributed by atoms with Gasteiger partial charge in [-0.1, -0.05) is 12.1 Å².